The predicted molar refractivity (Wildman–Crippen MR) is 72.4 cm³/mol. The third-order valence-electron chi connectivity index (χ3n) is 2.53. The van der Waals surface area contributed by atoms with Crippen molar-refractivity contribution in [3.05, 3.63) is 64.7 Å². The van der Waals surface area contributed by atoms with Gasteiger partial charge in [-0.1, -0.05) is 23.5 Å². The van der Waals surface area contributed by atoms with Crippen LogP contribution in [0.2, 0.25) is 0 Å². The Labute approximate surface area is 111 Å². The third-order valence-corrected chi connectivity index (χ3v) is 3.45. The summed E-state index contributed by atoms with van der Waals surface area (Å²) in [5.74, 6) is 0.104. The number of ether oxygens (including phenoxy) is 1. The number of hydrogen-bond acceptors (Lipinski definition) is 4. The summed E-state index contributed by atoms with van der Waals surface area (Å²) < 4.78 is 19.0. The molecule has 0 bridgehead atoms. The van der Waals surface area contributed by atoms with Gasteiger partial charge in [-0.2, -0.15) is 4.98 Å². The third kappa shape index (κ3) is 2.46. The van der Waals surface area contributed by atoms with E-state index >= 15 is 0 Å². The first-order valence-corrected chi connectivity index (χ1v) is 6.37. The lowest BCUT2D eigenvalue weighted by molar-refractivity contribution is 0.474. The van der Waals surface area contributed by atoms with Crippen LogP contribution in [0.1, 0.15) is 0 Å². The molecule has 3 rings (SSSR count). The molecule has 1 aromatic heterocycles. The molecule has 0 unspecified atom stereocenters. The van der Waals surface area contributed by atoms with Gasteiger partial charge in [0.2, 0.25) is 0 Å². The Kier molecular flexibility index (Phi) is 2.97. The van der Waals surface area contributed by atoms with E-state index in [1.807, 2.05) is 12.1 Å². The predicted octanol–water partition coefficient (Wildman–Crippen LogP) is 3.59. The Morgan fingerprint density at radius 2 is 1.79 bits per heavy atom. The van der Waals surface area contributed by atoms with Gasteiger partial charge < -0.3 is 4.74 Å². The van der Waals surface area contributed by atoms with Crippen LogP contribution in [-0.4, -0.2) is 4.98 Å². The highest BCUT2D eigenvalue weighted by atomic mass is 32.1. The first-order chi connectivity index (χ1) is 9.22. The molecule has 0 spiro atoms. The zero-order chi connectivity index (χ0) is 13.2. The van der Waals surface area contributed by atoms with Crippen molar-refractivity contribution in [2.24, 2.45) is 0 Å². The largest absolute Gasteiger partial charge is 0.431 e. The number of aromatic nitrogens is 1. The standard InChI is InChI=1S/C14H8FNO2S/c15-9-5-7-10(8-6-9)18-14-16-13(17)11-3-1-2-4-12(11)19-14/h1-8H. The molecule has 2 aromatic carbocycles. The fraction of sp³-hybridized carbons (Fsp3) is 0. The van der Waals surface area contributed by atoms with Crippen molar-refractivity contribution in [2.75, 3.05) is 0 Å². The molecule has 0 aliphatic heterocycles. The van der Waals surface area contributed by atoms with Gasteiger partial charge >= 0.3 is 0 Å². The van der Waals surface area contributed by atoms with E-state index in [0.717, 1.165) is 4.70 Å². The highest BCUT2D eigenvalue weighted by Crippen LogP contribution is 2.26. The monoisotopic (exact) mass is 273 g/mol. The number of hydrogen-bond donors (Lipinski definition) is 0. The van der Waals surface area contributed by atoms with E-state index in [9.17, 15) is 9.18 Å². The van der Waals surface area contributed by atoms with Crippen molar-refractivity contribution in [3.8, 4) is 10.9 Å². The van der Waals surface area contributed by atoms with Crippen molar-refractivity contribution < 1.29 is 9.13 Å². The van der Waals surface area contributed by atoms with Gasteiger partial charge in [-0.25, -0.2) is 4.39 Å². The van der Waals surface area contributed by atoms with Crippen LogP contribution < -0.4 is 10.3 Å². The van der Waals surface area contributed by atoms with Gasteiger partial charge in [0, 0.05) is 4.70 Å². The summed E-state index contributed by atoms with van der Waals surface area (Å²) in [6.45, 7) is 0. The zero-order valence-corrected chi connectivity index (χ0v) is 10.5. The molecular formula is C14H8FNO2S. The average Bonchev–Trinajstić information content (AvgIpc) is 2.42. The molecule has 3 nitrogen and oxygen atoms in total. The van der Waals surface area contributed by atoms with E-state index in [1.165, 1.54) is 35.6 Å². The van der Waals surface area contributed by atoms with Gasteiger partial charge in [0.05, 0.1) is 5.39 Å². The SMILES string of the molecule is O=c1nc(Oc2ccc(F)cc2)sc2ccccc12. The van der Waals surface area contributed by atoms with Gasteiger partial charge in [0.15, 0.2) is 0 Å². The van der Waals surface area contributed by atoms with E-state index in [-0.39, 0.29) is 16.6 Å². The molecular weight excluding hydrogens is 265 g/mol. The van der Waals surface area contributed by atoms with Crippen molar-refractivity contribution >= 4 is 21.4 Å². The van der Waals surface area contributed by atoms with Crippen LogP contribution in [0, 0.1) is 5.82 Å². The maximum Gasteiger partial charge on any atom is 0.282 e. The minimum atomic E-state index is -0.341. The van der Waals surface area contributed by atoms with Crippen LogP contribution in [0.15, 0.2) is 53.3 Å². The molecule has 0 N–H and O–H groups in total. The summed E-state index contributed by atoms with van der Waals surface area (Å²) in [6.07, 6.45) is 0. The van der Waals surface area contributed by atoms with Gasteiger partial charge in [0.25, 0.3) is 10.8 Å². The molecule has 3 aromatic rings. The van der Waals surface area contributed by atoms with Crippen molar-refractivity contribution in [1.29, 1.82) is 0 Å². The summed E-state index contributed by atoms with van der Waals surface area (Å²) in [4.78, 5) is 15.7. The second-order valence-corrected chi connectivity index (χ2v) is 4.83. The summed E-state index contributed by atoms with van der Waals surface area (Å²) in [7, 11) is 0. The van der Waals surface area contributed by atoms with Crippen molar-refractivity contribution in [3.63, 3.8) is 0 Å². The molecule has 0 saturated heterocycles. The molecule has 0 radical (unpaired) electrons. The number of rotatable bonds is 2. The minimum absolute atomic E-state index is 0.246. The number of nitrogens with zero attached hydrogens (tertiary/aromatic N) is 1. The van der Waals surface area contributed by atoms with Gasteiger partial charge in [-0.3, -0.25) is 4.79 Å². The Morgan fingerprint density at radius 1 is 1.05 bits per heavy atom. The van der Waals surface area contributed by atoms with E-state index in [4.69, 9.17) is 4.74 Å². The van der Waals surface area contributed by atoms with Gasteiger partial charge in [0.1, 0.15) is 11.6 Å². The molecule has 94 valence electrons. The molecule has 0 aliphatic carbocycles. The van der Waals surface area contributed by atoms with Crippen LogP contribution >= 0.6 is 11.3 Å². The maximum atomic E-state index is 12.8. The first-order valence-electron chi connectivity index (χ1n) is 5.56. The molecule has 0 saturated carbocycles. The van der Waals surface area contributed by atoms with E-state index in [0.29, 0.717) is 11.1 Å². The lowest BCUT2D eigenvalue weighted by atomic mass is 10.3. The zero-order valence-electron chi connectivity index (χ0n) is 9.67. The second kappa shape index (κ2) is 4.78. The second-order valence-electron chi connectivity index (χ2n) is 3.84. The van der Waals surface area contributed by atoms with Gasteiger partial charge in [-0.15, -0.1) is 0 Å². The summed E-state index contributed by atoms with van der Waals surface area (Å²) >= 11 is 1.27. The normalized spacial score (nSPS) is 10.6. The Hall–Kier alpha value is -2.27. The molecule has 0 fully saturated rings. The smallest absolute Gasteiger partial charge is 0.282 e. The van der Waals surface area contributed by atoms with Crippen LogP contribution in [0.4, 0.5) is 4.39 Å². The summed E-state index contributed by atoms with van der Waals surface area (Å²) in [6, 6.07) is 12.8. The number of benzene rings is 2. The topological polar surface area (TPSA) is 39.2 Å². The number of fused-ring (bicyclic) bond motifs is 1. The molecule has 0 aliphatic rings. The average molecular weight is 273 g/mol. The fourth-order valence-corrected chi connectivity index (χ4v) is 2.51. The molecule has 1 heterocycles. The first kappa shape index (κ1) is 11.8. The lowest BCUT2D eigenvalue weighted by Crippen LogP contribution is -2.05. The van der Waals surface area contributed by atoms with E-state index < -0.39 is 0 Å². The van der Waals surface area contributed by atoms with Crippen LogP contribution in [0.3, 0.4) is 0 Å². The van der Waals surface area contributed by atoms with Crippen LogP contribution in [0.25, 0.3) is 10.1 Å². The molecule has 0 atom stereocenters. The lowest BCUT2D eigenvalue weighted by Gasteiger charge is -2.04. The quantitative estimate of drug-likeness (QED) is 0.716. The highest BCUT2D eigenvalue weighted by Gasteiger charge is 2.06. The maximum absolute atomic E-state index is 12.8. The fourth-order valence-electron chi connectivity index (χ4n) is 1.64. The minimum Gasteiger partial charge on any atom is -0.431 e. The Balaban J connectivity index is 2.01. The van der Waals surface area contributed by atoms with Crippen molar-refractivity contribution in [2.45, 2.75) is 0 Å². The van der Waals surface area contributed by atoms with Crippen LogP contribution in [-0.2, 0) is 0 Å². The summed E-state index contributed by atoms with van der Waals surface area (Å²) in [5, 5.41) is 0.814. The van der Waals surface area contributed by atoms with Gasteiger partial charge in [-0.05, 0) is 36.4 Å². The molecule has 5 heteroatoms. The van der Waals surface area contributed by atoms with E-state index in [2.05, 4.69) is 4.98 Å². The van der Waals surface area contributed by atoms with Crippen molar-refractivity contribution in [1.82, 2.24) is 4.98 Å². The van der Waals surface area contributed by atoms with Crippen LogP contribution in [0.5, 0.6) is 10.9 Å². The van der Waals surface area contributed by atoms with E-state index in [1.54, 1.807) is 12.1 Å². The Bertz CT molecular complexity index is 783. The molecule has 19 heavy (non-hydrogen) atoms. The molecule has 0 amide bonds. The number of halogens is 1. The summed E-state index contributed by atoms with van der Waals surface area (Å²) in [5.41, 5.74) is -0.327. The highest BCUT2D eigenvalue weighted by molar-refractivity contribution is 7.19. The Morgan fingerprint density at radius 3 is 2.58 bits per heavy atom.